The van der Waals surface area contributed by atoms with Gasteiger partial charge in [0, 0.05) is 0 Å². The Morgan fingerprint density at radius 2 is 2.11 bits per heavy atom. The Labute approximate surface area is 53.5 Å². The third-order valence-electron chi connectivity index (χ3n) is 1.36. The number of hydrogen-bond donors (Lipinski definition) is 0. The minimum absolute atomic E-state index is 0.956. The SMILES string of the molecule is b1cc2ccccc2o1. The second-order valence-electron chi connectivity index (χ2n) is 1.96. The van der Waals surface area contributed by atoms with Crippen LogP contribution in [0.15, 0.2) is 34.6 Å². The van der Waals surface area contributed by atoms with Gasteiger partial charge in [-0.25, -0.2) is 0 Å². The van der Waals surface area contributed by atoms with Crippen LogP contribution in [0.2, 0.25) is 0 Å². The van der Waals surface area contributed by atoms with Crippen molar-refractivity contribution < 1.29 is 4.33 Å². The molecule has 2 rings (SSSR count). The van der Waals surface area contributed by atoms with E-state index < -0.39 is 0 Å². The zero-order chi connectivity index (χ0) is 6.10. The van der Waals surface area contributed by atoms with Crippen LogP contribution in [-0.2, 0) is 0 Å². The van der Waals surface area contributed by atoms with Crippen LogP contribution in [0.3, 0.4) is 0 Å². The van der Waals surface area contributed by atoms with Crippen molar-refractivity contribution in [3.8, 4) is 0 Å². The second kappa shape index (κ2) is 1.73. The molecule has 1 heterocycles. The maximum atomic E-state index is 5.12. The molecule has 0 saturated heterocycles. The molecule has 0 atom stereocenters. The van der Waals surface area contributed by atoms with Gasteiger partial charge in [0.1, 0.15) is 0 Å². The molecule has 0 radical (unpaired) electrons. The summed E-state index contributed by atoms with van der Waals surface area (Å²) in [5.41, 5.74) is 0.956. The molecule has 1 aromatic heterocycles. The topological polar surface area (TPSA) is 13.1 Å². The van der Waals surface area contributed by atoms with Gasteiger partial charge in [-0.05, 0) is 0 Å². The summed E-state index contributed by atoms with van der Waals surface area (Å²) in [6.45, 7) is 0. The van der Waals surface area contributed by atoms with Gasteiger partial charge < -0.3 is 0 Å². The van der Waals surface area contributed by atoms with E-state index in [1.165, 1.54) is 0 Å². The van der Waals surface area contributed by atoms with Crippen molar-refractivity contribution in [1.82, 2.24) is 0 Å². The average molecular weight is 116 g/mol. The molecule has 0 spiro atoms. The summed E-state index contributed by atoms with van der Waals surface area (Å²) in [6.07, 6.45) is 0. The van der Waals surface area contributed by atoms with Crippen molar-refractivity contribution >= 4 is 18.1 Å². The summed E-state index contributed by atoms with van der Waals surface area (Å²) >= 11 is 0. The van der Waals surface area contributed by atoms with Crippen molar-refractivity contribution in [1.29, 1.82) is 0 Å². The van der Waals surface area contributed by atoms with Crippen LogP contribution < -0.4 is 0 Å². The monoisotopic (exact) mass is 116 g/mol. The summed E-state index contributed by atoms with van der Waals surface area (Å²) in [4.78, 5) is 0. The van der Waals surface area contributed by atoms with Crippen LogP contribution >= 0.6 is 0 Å². The minimum atomic E-state index is 0.956. The Balaban J connectivity index is 2.95. The molecule has 0 fully saturated rings. The van der Waals surface area contributed by atoms with Gasteiger partial charge in [-0.1, -0.05) is 0 Å². The summed E-state index contributed by atoms with van der Waals surface area (Å²) in [6, 6.07) is 7.94. The molecule has 0 aliphatic heterocycles. The fourth-order valence-electron chi connectivity index (χ4n) is 0.906. The third kappa shape index (κ3) is 0.671. The van der Waals surface area contributed by atoms with Crippen LogP contribution in [0.25, 0.3) is 11.0 Å². The molecule has 0 bridgehead atoms. The standard InChI is InChI=1S/C7H5BO/c1-2-4-7-6(3-1)5-8-9-7/h1-5H. The first kappa shape index (κ1) is 4.80. The van der Waals surface area contributed by atoms with E-state index in [4.69, 9.17) is 4.33 Å². The first-order valence-electron chi connectivity index (χ1n) is 2.89. The molecule has 1 nitrogen and oxygen atoms in total. The molecule has 1 aromatic carbocycles. The van der Waals surface area contributed by atoms with E-state index in [1.54, 1.807) is 7.13 Å². The van der Waals surface area contributed by atoms with Gasteiger partial charge in [-0.2, -0.15) is 0 Å². The normalized spacial score (nSPS) is 9.78. The predicted octanol–water partition coefficient (Wildman–Crippen LogP) is 1.77. The van der Waals surface area contributed by atoms with Crippen molar-refractivity contribution in [2.45, 2.75) is 0 Å². The van der Waals surface area contributed by atoms with E-state index >= 15 is 0 Å². The number of hydrogen-bond acceptors (Lipinski definition) is 1. The third-order valence-corrected chi connectivity index (χ3v) is 1.36. The van der Waals surface area contributed by atoms with Crippen molar-refractivity contribution in [2.24, 2.45) is 0 Å². The predicted molar refractivity (Wildman–Crippen MR) is 37.6 cm³/mol. The average Bonchev–Trinajstić information content (AvgIpc) is 2.33. The van der Waals surface area contributed by atoms with Gasteiger partial charge >= 0.3 is 52.7 Å². The zero-order valence-electron chi connectivity index (χ0n) is 4.87. The Morgan fingerprint density at radius 3 is 3.00 bits per heavy atom. The summed E-state index contributed by atoms with van der Waals surface area (Å²) in [7, 11) is 1.70. The number of fused-ring (bicyclic) bond motifs is 1. The number of para-hydroxylation sites is 1. The van der Waals surface area contributed by atoms with Crippen LogP contribution in [0.1, 0.15) is 0 Å². The van der Waals surface area contributed by atoms with Gasteiger partial charge in [-0.15, -0.1) is 0 Å². The first-order chi connectivity index (χ1) is 4.47. The molecular formula is C7H5BO. The van der Waals surface area contributed by atoms with Crippen LogP contribution in [0, 0.1) is 0 Å². The van der Waals surface area contributed by atoms with E-state index in [-0.39, 0.29) is 0 Å². The number of rotatable bonds is 0. The van der Waals surface area contributed by atoms with E-state index in [0.29, 0.717) is 0 Å². The molecule has 0 saturated carbocycles. The van der Waals surface area contributed by atoms with Crippen LogP contribution in [0.4, 0.5) is 0 Å². The Bertz CT molecular complexity index is 283. The fraction of sp³-hybridized carbons (Fsp3) is 0. The molecule has 0 aliphatic rings. The molecule has 9 heavy (non-hydrogen) atoms. The molecule has 2 aromatic rings. The van der Waals surface area contributed by atoms with Gasteiger partial charge in [0.25, 0.3) is 0 Å². The molecule has 2 heteroatoms. The zero-order valence-corrected chi connectivity index (χ0v) is 4.87. The molecule has 0 unspecified atom stereocenters. The first-order valence-corrected chi connectivity index (χ1v) is 2.89. The van der Waals surface area contributed by atoms with Crippen molar-refractivity contribution in [3.05, 3.63) is 30.2 Å². The second-order valence-corrected chi connectivity index (χ2v) is 1.96. The van der Waals surface area contributed by atoms with E-state index in [0.717, 1.165) is 11.0 Å². The van der Waals surface area contributed by atoms with Gasteiger partial charge in [0.2, 0.25) is 0 Å². The Morgan fingerprint density at radius 1 is 1.22 bits per heavy atom. The molecule has 0 N–H and O–H groups in total. The summed E-state index contributed by atoms with van der Waals surface area (Å²) in [5, 5.41) is 1.16. The van der Waals surface area contributed by atoms with E-state index in [2.05, 4.69) is 0 Å². The van der Waals surface area contributed by atoms with Crippen molar-refractivity contribution in [3.63, 3.8) is 0 Å². The maximum absolute atomic E-state index is 5.12. The van der Waals surface area contributed by atoms with Crippen LogP contribution in [0.5, 0.6) is 0 Å². The molecule has 42 valence electrons. The molecule has 0 amide bonds. The fourth-order valence-corrected chi connectivity index (χ4v) is 0.906. The van der Waals surface area contributed by atoms with Gasteiger partial charge in [0.05, 0.1) is 0 Å². The van der Waals surface area contributed by atoms with Crippen LogP contribution in [-0.4, -0.2) is 7.13 Å². The van der Waals surface area contributed by atoms with Gasteiger partial charge in [-0.3, -0.25) is 0 Å². The number of benzene rings is 1. The quantitative estimate of drug-likeness (QED) is 0.511. The van der Waals surface area contributed by atoms with E-state index in [1.807, 2.05) is 30.2 Å². The molecule has 0 aliphatic carbocycles. The summed E-state index contributed by atoms with van der Waals surface area (Å²) < 4.78 is 5.12. The molecular weight excluding hydrogens is 111 g/mol. The Kier molecular flexibility index (Phi) is 0.920. The van der Waals surface area contributed by atoms with Crippen molar-refractivity contribution in [2.75, 3.05) is 0 Å². The summed E-state index contributed by atoms with van der Waals surface area (Å²) in [5.74, 6) is 1.95. The Hall–Kier alpha value is -1.05. The van der Waals surface area contributed by atoms with E-state index in [9.17, 15) is 0 Å². The van der Waals surface area contributed by atoms with Gasteiger partial charge in [0.15, 0.2) is 0 Å².